The summed E-state index contributed by atoms with van der Waals surface area (Å²) in [5.74, 6) is -0.0246. The van der Waals surface area contributed by atoms with Gasteiger partial charge in [-0.2, -0.15) is 5.26 Å². The maximum absolute atomic E-state index is 12.8. The maximum Gasteiger partial charge on any atom is 0.123 e. The van der Waals surface area contributed by atoms with E-state index >= 15 is 0 Å². The van der Waals surface area contributed by atoms with Crippen LogP contribution >= 0.6 is 0 Å². The van der Waals surface area contributed by atoms with Crippen molar-refractivity contribution in [2.45, 2.75) is 6.54 Å². The van der Waals surface area contributed by atoms with E-state index < -0.39 is 0 Å². The molecule has 2 nitrogen and oxygen atoms in total. The Morgan fingerprint density at radius 3 is 2.93 bits per heavy atom. The van der Waals surface area contributed by atoms with Gasteiger partial charge in [0, 0.05) is 19.6 Å². The minimum absolute atomic E-state index is 0.170. The van der Waals surface area contributed by atoms with Gasteiger partial charge in [-0.1, -0.05) is 12.1 Å². The van der Waals surface area contributed by atoms with Gasteiger partial charge in [0.2, 0.25) is 0 Å². The van der Waals surface area contributed by atoms with Crippen LogP contribution in [0.1, 0.15) is 5.56 Å². The Morgan fingerprint density at radius 1 is 1.50 bits per heavy atom. The fourth-order valence-corrected chi connectivity index (χ4v) is 1.67. The van der Waals surface area contributed by atoms with E-state index in [1.165, 1.54) is 6.07 Å². The number of nitrogens with zero attached hydrogens (tertiary/aromatic N) is 2. The van der Waals surface area contributed by atoms with E-state index in [2.05, 4.69) is 11.0 Å². The number of nitriles is 1. The number of likely N-dealkylation sites (tertiary alicyclic amines) is 1. The molecule has 3 heteroatoms. The number of halogens is 1. The van der Waals surface area contributed by atoms with E-state index in [-0.39, 0.29) is 11.7 Å². The Hall–Kier alpha value is -1.40. The highest BCUT2D eigenvalue weighted by molar-refractivity contribution is 5.16. The van der Waals surface area contributed by atoms with Crippen molar-refractivity contribution in [2.24, 2.45) is 5.92 Å². The summed E-state index contributed by atoms with van der Waals surface area (Å²) < 4.78 is 12.8. The topological polar surface area (TPSA) is 27.0 Å². The van der Waals surface area contributed by atoms with Crippen LogP contribution in [0.5, 0.6) is 0 Å². The molecule has 0 aromatic heterocycles. The first-order chi connectivity index (χ1) is 6.78. The lowest BCUT2D eigenvalue weighted by Gasteiger charge is -2.35. The van der Waals surface area contributed by atoms with Gasteiger partial charge in [-0.15, -0.1) is 0 Å². The fraction of sp³-hybridized carbons (Fsp3) is 0.364. The number of benzene rings is 1. The quantitative estimate of drug-likeness (QED) is 0.710. The molecular weight excluding hydrogens is 179 g/mol. The minimum atomic E-state index is -0.195. The molecule has 0 amide bonds. The van der Waals surface area contributed by atoms with Crippen molar-refractivity contribution in [1.82, 2.24) is 4.90 Å². The smallest absolute Gasteiger partial charge is 0.123 e. The lowest BCUT2D eigenvalue weighted by atomic mass is 10.0. The Labute approximate surface area is 82.6 Å². The van der Waals surface area contributed by atoms with E-state index in [0.29, 0.717) is 0 Å². The zero-order valence-electron chi connectivity index (χ0n) is 7.78. The average Bonchev–Trinajstić information content (AvgIpc) is 2.10. The molecule has 0 bridgehead atoms. The lowest BCUT2D eigenvalue weighted by molar-refractivity contribution is 0.126. The largest absolute Gasteiger partial charge is 0.296 e. The summed E-state index contributed by atoms with van der Waals surface area (Å²) in [6.07, 6.45) is 0. The molecule has 0 saturated carbocycles. The van der Waals surface area contributed by atoms with E-state index in [0.717, 1.165) is 25.2 Å². The van der Waals surface area contributed by atoms with Crippen LogP contribution in [0.25, 0.3) is 0 Å². The molecule has 1 heterocycles. The molecule has 0 spiro atoms. The third-order valence-corrected chi connectivity index (χ3v) is 2.43. The van der Waals surface area contributed by atoms with Crippen molar-refractivity contribution in [1.29, 1.82) is 5.26 Å². The highest BCUT2D eigenvalue weighted by Gasteiger charge is 2.25. The molecule has 0 radical (unpaired) electrons. The second-order valence-electron chi connectivity index (χ2n) is 3.65. The normalized spacial score (nSPS) is 17.4. The first-order valence-electron chi connectivity index (χ1n) is 4.64. The van der Waals surface area contributed by atoms with E-state index in [4.69, 9.17) is 5.26 Å². The molecular formula is C11H11FN2. The van der Waals surface area contributed by atoms with Crippen LogP contribution in [-0.4, -0.2) is 18.0 Å². The predicted octanol–water partition coefficient (Wildman–Crippen LogP) is 1.78. The Balaban J connectivity index is 1.91. The van der Waals surface area contributed by atoms with Gasteiger partial charge >= 0.3 is 0 Å². The molecule has 1 aliphatic rings. The number of rotatable bonds is 2. The fourth-order valence-electron chi connectivity index (χ4n) is 1.67. The second-order valence-corrected chi connectivity index (χ2v) is 3.65. The van der Waals surface area contributed by atoms with Gasteiger partial charge in [0.15, 0.2) is 0 Å². The van der Waals surface area contributed by atoms with Gasteiger partial charge in [0.05, 0.1) is 12.0 Å². The van der Waals surface area contributed by atoms with Gasteiger partial charge in [0.1, 0.15) is 5.82 Å². The monoisotopic (exact) mass is 190 g/mol. The predicted molar refractivity (Wildman–Crippen MR) is 50.8 cm³/mol. The summed E-state index contributed by atoms with van der Waals surface area (Å²) in [5, 5.41) is 8.58. The highest BCUT2D eigenvalue weighted by atomic mass is 19.1. The molecule has 1 aromatic carbocycles. The molecule has 72 valence electrons. The molecule has 0 atom stereocenters. The summed E-state index contributed by atoms with van der Waals surface area (Å²) in [6, 6.07) is 8.82. The van der Waals surface area contributed by atoms with Crippen molar-refractivity contribution in [3.63, 3.8) is 0 Å². The third kappa shape index (κ3) is 1.91. The number of hydrogen-bond donors (Lipinski definition) is 0. The molecule has 0 N–H and O–H groups in total. The zero-order chi connectivity index (χ0) is 9.97. The first kappa shape index (κ1) is 9.17. The van der Waals surface area contributed by atoms with Crippen LogP contribution in [0.3, 0.4) is 0 Å². The van der Waals surface area contributed by atoms with Crippen LogP contribution < -0.4 is 0 Å². The molecule has 14 heavy (non-hydrogen) atoms. The van der Waals surface area contributed by atoms with Crippen LogP contribution in [-0.2, 0) is 6.54 Å². The third-order valence-electron chi connectivity index (χ3n) is 2.43. The molecule has 1 fully saturated rings. The summed E-state index contributed by atoms with van der Waals surface area (Å²) in [7, 11) is 0. The van der Waals surface area contributed by atoms with Crippen molar-refractivity contribution in [3.05, 3.63) is 35.6 Å². The first-order valence-corrected chi connectivity index (χ1v) is 4.64. The molecule has 1 aliphatic heterocycles. The summed E-state index contributed by atoms with van der Waals surface area (Å²) in [5.41, 5.74) is 0.974. The molecule has 1 saturated heterocycles. The Bertz CT molecular complexity index is 364. The highest BCUT2D eigenvalue weighted by Crippen LogP contribution is 2.17. The maximum atomic E-state index is 12.8. The summed E-state index contributed by atoms with van der Waals surface area (Å²) >= 11 is 0. The minimum Gasteiger partial charge on any atom is -0.296 e. The summed E-state index contributed by atoms with van der Waals surface area (Å²) in [6.45, 7) is 2.37. The second kappa shape index (κ2) is 3.77. The molecule has 1 aromatic rings. The standard InChI is InChI=1S/C11H11FN2/c12-11-3-1-2-9(4-11)6-14-7-10(5-13)8-14/h1-4,10H,6-8H2. The molecule has 0 unspecified atom stereocenters. The van der Waals surface area contributed by atoms with Crippen LogP contribution in [0.15, 0.2) is 24.3 Å². The Kier molecular flexibility index (Phi) is 2.47. The van der Waals surface area contributed by atoms with Crippen LogP contribution in [0.4, 0.5) is 4.39 Å². The van der Waals surface area contributed by atoms with Gasteiger partial charge < -0.3 is 0 Å². The van der Waals surface area contributed by atoms with Crippen molar-refractivity contribution in [2.75, 3.05) is 13.1 Å². The van der Waals surface area contributed by atoms with Crippen molar-refractivity contribution in [3.8, 4) is 6.07 Å². The van der Waals surface area contributed by atoms with Crippen molar-refractivity contribution < 1.29 is 4.39 Å². The average molecular weight is 190 g/mol. The van der Waals surface area contributed by atoms with Crippen LogP contribution in [0, 0.1) is 23.1 Å². The van der Waals surface area contributed by atoms with Gasteiger partial charge in [-0.25, -0.2) is 4.39 Å². The van der Waals surface area contributed by atoms with Crippen LogP contribution in [0.2, 0.25) is 0 Å². The van der Waals surface area contributed by atoms with E-state index in [1.807, 2.05) is 6.07 Å². The lowest BCUT2D eigenvalue weighted by Crippen LogP contribution is -2.45. The van der Waals surface area contributed by atoms with Gasteiger partial charge in [-0.3, -0.25) is 4.90 Å². The Morgan fingerprint density at radius 2 is 2.29 bits per heavy atom. The SMILES string of the molecule is N#CC1CN(Cc2cccc(F)c2)C1. The summed E-state index contributed by atoms with van der Waals surface area (Å²) in [4.78, 5) is 2.14. The van der Waals surface area contributed by atoms with E-state index in [1.54, 1.807) is 12.1 Å². The zero-order valence-corrected chi connectivity index (χ0v) is 7.78. The number of hydrogen-bond acceptors (Lipinski definition) is 2. The van der Waals surface area contributed by atoms with Gasteiger partial charge in [0.25, 0.3) is 0 Å². The van der Waals surface area contributed by atoms with E-state index in [9.17, 15) is 4.39 Å². The van der Waals surface area contributed by atoms with Crippen molar-refractivity contribution >= 4 is 0 Å². The molecule has 0 aliphatic carbocycles. The molecule has 2 rings (SSSR count). The van der Waals surface area contributed by atoms with Gasteiger partial charge in [-0.05, 0) is 17.7 Å².